The number of aromatic hydroxyl groups is 1. The molecule has 0 aliphatic carbocycles. The van der Waals surface area contributed by atoms with Gasteiger partial charge < -0.3 is 5.11 Å². The molecule has 0 saturated heterocycles. The van der Waals surface area contributed by atoms with Crippen LogP contribution in [0.4, 0.5) is 9.15 Å². The molecule has 1 aromatic rings. The zero-order valence-corrected chi connectivity index (χ0v) is 4.59. The van der Waals surface area contributed by atoms with Gasteiger partial charge in [-0.1, -0.05) is 18.2 Å². The van der Waals surface area contributed by atoms with Crippen molar-refractivity contribution in [1.82, 2.24) is 0 Å². The Morgan fingerprint density at radius 3 is 1.67 bits per heavy atom. The molecular weight excluding hydrogens is 126 g/mol. The highest BCUT2D eigenvalue weighted by molar-refractivity contribution is 5.18. The highest BCUT2D eigenvalue weighted by Gasteiger charge is 1.74. The van der Waals surface area contributed by atoms with Crippen LogP contribution in [0.5, 0.6) is 5.75 Å². The molecule has 0 fully saturated rings. The Bertz CT molecular complexity index is 141. The smallest absolute Gasteiger partial charge is 0.115 e. The summed E-state index contributed by atoms with van der Waals surface area (Å²) in [5, 5.41) is 8.63. The molecule has 0 bridgehead atoms. The quantitative estimate of drug-likeness (QED) is 0.573. The van der Waals surface area contributed by atoms with Crippen LogP contribution in [-0.4, -0.2) is 5.11 Å². The first-order valence-electron chi connectivity index (χ1n) is 2.28. The van der Waals surface area contributed by atoms with E-state index in [4.69, 9.17) is 14.3 Å². The zero-order valence-electron chi connectivity index (χ0n) is 4.59. The number of halogens is 2. The van der Waals surface area contributed by atoms with Crippen LogP contribution in [0.1, 0.15) is 0 Å². The van der Waals surface area contributed by atoms with E-state index in [2.05, 4.69) is 0 Å². The fourth-order valence-corrected chi connectivity index (χ4v) is 0.428. The third kappa shape index (κ3) is 3.46. The molecule has 0 aromatic heterocycles. The third-order valence-corrected chi connectivity index (χ3v) is 0.756. The van der Waals surface area contributed by atoms with Crippen LogP contribution in [0, 0.1) is 0 Å². The maximum Gasteiger partial charge on any atom is 0.115 e. The molecule has 0 heterocycles. The van der Waals surface area contributed by atoms with Gasteiger partial charge in [0.05, 0.1) is 0 Å². The lowest BCUT2D eigenvalue weighted by Gasteiger charge is -1.82. The van der Waals surface area contributed by atoms with E-state index in [0.29, 0.717) is 5.75 Å². The van der Waals surface area contributed by atoms with Crippen LogP contribution in [0.2, 0.25) is 0 Å². The van der Waals surface area contributed by atoms with Crippen molar-refractivity contribution in [2.75, 3.05) is 0 Å². The van der Waals surface area contributed by atoms with Gasteiger partial charge in [0, 0.05) is 9.15 Å². The van der Waals surface area contributed by atoms with Crippen molar-refractivity contribution in [2.45, 2.75) is 0 Å². The summed E-state index contributed by atoms with van der Waals surface area (Å²) < 4.78 is 16.0. The second kappa shape index (κ2) is 5.03. The molecule has 1 N–H and O–H groups in total. The molecule has 0 radical (unpaired) electrons. The molecule has 0 atom stereocenters. The molecule has 1 rings (SSSR count). The van der Waals surface area contributed by atoms with E-state index in [-0.39, 0.29) is 0 Å². The second-order valence-corrected chi connectivity index (χ2v) is 1.34. The number of hydrogen-bond acceptors (Lipinski definition) is 1. The first-order valence-corrected chi connectivity index (χ1v) is 2.28. The molecule has 1 nitrogen and oxygen atoms in total. The highest BCUT2D eigenvalue weighted by Crippen LogP contribution is 2.02. The average molecular weight is 132 g/mol. The molecule has 3 heteroatoms. The van der Waals surface area contributed by atoms with Crippen LogP contribution in [0.15, 0.2) is 30.3 Å². The minimum Gasteiger partial charge on any atom is -0.508 e. The van der Waals surface area contributed by atoms with E-state index in [1.54, 1.807) is 24.3 Å². The van der Waals surface area contributed by atoms with E-state index in [1.807, 2.05) is 6.07 Å². The monoisotopic (exact) mass is 132 g/mol. The fourth-order valence-electron chi connectivity index (χ4n) is 0.428. The van der Waals surface area contributed by atoms with Gasteiger partial charge in [-0.25, -0.2) is 0 Å². The molecule has 50 valence electrons. The first kappa shape index (κ1) is 7.88. The van der Waals surface area contributed by atoms with E-state index >= 15 is 0 Å². The predicted molar refractivity (Wildman–Crippen MR) is 30.3 cm³/mol. The van der Waals surface area contributed by atoms with Crippen molar-refractivity contribution in [3.8, 4) is 5.75 Å². The molecule has 9 heavy (non-hydrogen) atoms. The second-order valence-electron chi connectivity index (χ2n) is 1.34. The topological polar surface area (TPSA) is 20.2 Å². The summed E-state index contributed by atoms with van der Waals surface area (Å²) in [6.45, 7) is 0. The Morgan fingerprint density at radius 1 is 1.00 bits per heavy atom. The molecule has 0 unspecified atom stereocenters. The molecule has 1 aromatic carbocycles. The molecule has 0 aliphatic heterocycles. The van der Waals surface area contributed by atoms with Gasteiger partial charge in [0.1, 0.15) is 5.75 Å². The van der Waals surface area contributed by atoms with Gasteiger partial charge in [0.25, 0.3) is 0 Å². The van der Waals surface area contributed by atoms with Gasteiger partial charge in [0.15, 0.2) is 0 Å². The number of phenols is 1. The zero-order chi connectivity index (χ0) is 7.11. The van der Waals surface area contributed by atoms with Crippen molar-refractivity contribution >= 4 is 0 Å². The largest absolute Gasteiger partial charge is 0.508 e. The van der Waals surface area contributed by atoms with E-state index in [0.717, 1.165) is 0 Å². The number of phenolic OH excluding ortho intramolecular Hbond substituents is 1. The Balaban J connectivity index is 0.000000291. The van der Waals surface area contributed by atoms with Crippen molar-refractivity contribution in [3.63, 3.8) is 0 Å². The van der Waals surface area contributed by atoms with E-state index < -0.39 is 0 Å². The molecule has 0 spiro atoms. The first-order chi connectivity index (χ1) is 4.39. The lowest BCUT2D eigenvalue weighted by Crippen LogP contribution is -1.56. The minimum atomic E-state index is 0.322. The standard InChI is InChI=1S/C6H6O.F2/c7-6-4-2-1-3-5-6;1-2/h1-5,7H;. The minimum absolute atomic E-state index is 0.322. The maximum atomic E-state index is 8.63. The molecular formula is C6H6F2O. The number of benzene rings is 1. The number of para-hydroxylation sites is 1. The Kier molecular flexibility index (Phi) is 4.40. The third-order valence-electron chi connectivity index (χ3n) is 0.756. The summed E-state index contributed by atoms with van der Waals surface area (Å²) in [7, 11) is 0. The fraction of sp³-hybridized carbons (Fsp3) is 0. The highest BCUT2D eigenvalue weighted by atomic mass is 20.0. The van der Waals surface area contributed by atoms with Crippen molar-refractivity contribution in [2.24, 2.45) is 0 Å². The SMILES string of the molecule is FF.Oc1ccccc1. The molecule has 0 amide bonds. The summed E-state index contributed by atoms with van der Waals surface area (Å²) in [5.41, 5.74) is 0. The Labute approximate surface area is 51.4 Å². The van der Waals surface area contributed by atoms with Gasteiger partial charge in [-0.15, -0.1) is 0 Å². The van der Waals surface area contributed by atoms with Gasteiger partial charge >= 0.3 is 0 Å². The van der Waals surface area contributed by atoms with Crippen LogP contribution in [0.25, 0.3) is 0 Å². The lowest BCUT2D eigenvalue weighted by molar-refractivity contribution is 0.108. The normalized spacial score (nSPS) is 7.33. The maximum absolute atomic E-state index is 8.63. The molecule has 0 aliphatic rings. The van der Waals surface area contributed by atoms with Crippen LogP contribution in [0.3, 0.4) is 0 Å². The predicted octanol–water partition coefficient (Wildman–Crippen LogP) is 2.23. The van der Waals surface area contributed by atoms with Crippen molar-refractivity contribution in [1.29, 1.82) is 0 Å². The van der Waals surface area contributed by atoms with Crippen molar-refractivity contribution in [3.05, 3.63) is 30.3 Å². The number of hydrogen-bond donors (Lipinski definition) is 1. The average Bonchev–Trinajstić information content (AvgIpc) is 1.94. The van der Waals surface area contributed by atoms with Gasteiger partial charge in [0.2, 0.25) is 0 Å². The summed E-state index contributed by atoms with van der Waals surface area (Å²) in [6.07, 6.45) is 0. The van der Waals surface area contributed by atoms with Crippen LogP contribution in [-0.2, 0) is 0 Å². The summed E-state index contributed by atoms with van der Waals surface area (Å²) >= 11 is 0. The molecule has 0 saturated carbocycles. The van der Waals surface area contributed by atoms with Gasteiger partial charge in [-0.3, -0.25) is 0 Å². The lowest BCUT2D eigenvalue weighted by atomic mass is 10.3. The van der Waals surface area contributed by atoms with E-state index in [9.17, 15) is 0 Å². The van der Waals surface area contributed by atoms with Crippen LogP contribution >= 0.6 is 0 Å². The van der Waals surface area contributed by atoms with Crippen LogP contribution < -0.4 is 0 Å². The van der Waals surface area contributed by atoms with E-state index in [1.165, 1.54) is 0 Å². The van der Waals surface area contributed by atoms with Crippen molar-refractivity contribution < 1.29 is 14.3 Å². The summed E-state index contributed by atoms with van der Waals surface area (Å²) in [5.74, 6) is 0.322. The van der Waals surface area contributed by atoms with Gasteiger partial charge in [-0.05, 0) is 12.1 Å². The number of rotatable bonds is 0. The Morgan fingerprint density at radius 2 is 1.44 bits per heavy atom. The Hall–Kier alpha value is -1.12. The summed E-state index contributed by atoms with van der Waals surface area (Å²) in [4.78, 5) is 0. The summed E-state index contributed by atoms with van der Waals surface area (Å²) in [6, 6.07) is 8.71. The van der Waals surface area contributed by atoms with Gasteiger partial charge in [-0.2, -0.15) is 0 Å².